The second-order valence-corrected chi connectivity index (χ2v) is 9.35. The third-order valence-electron chi connectivity index (χ3n) is 6.96. The smallest absolute Gasteiger partial charge is 0.328 e. The number of aryl methyl sites for hydroxylation is 1. The fourth-order valence-electron chi connectivity index (χ4n) is 5.05. The van der Waals surface area contributed by atoms with Crippen LogP contribution in [0.25, 0.3) is 0 Å². The van der Waals surface area contributed by atoms with Gasteiger partial charge in [0, 0.05) is 17.7 Å². The van der Waals surface area contributed by atoms with Gasteiger partial charge in [0.25, 0.3) is 11.7 Å². The molecular weight excluding hydrogens is 454 g/mol. The van der Waals surface area contributed by atoms with Crippen LogP contribution in [0.15, 0.2) is 72.8 Å². The van der Waals surface area contributed by atoms with E-state index >= 15 is 0 Å². The average Bonchev–Trinajstić information content (AvgIpc) is 3.29. The number of ether oxygens (including phenoxy) is 3. The molecule has 36 heavy (non-hydrogen) atoms. The van der Waals surface area contributed by atoms with Gasteiger partial charge in [-0.3, -0.25) is 4.79 Å². The summed E-state index contributed by atoms with van der Waals surface area (Å²) in [5.74, 6) is -0.480. The Labute approximate surface area is 211 Å². The molecule has 186 valence electrons. The summed E-state index contributed by atoms with van der Waals surface area (Å²) < 4.78 is 18.3. The molecule has 3 aromatic carbocycles. The lowest BCUT2D eigenvalue weighted by molar-refractivity contribution is -0.149. The number of carbonyl (C=O) groups is 2. The molecule has 2 aliphatic rings. The zero-order chi connectivity index (χ0) is 25.1. The van der Waals surface area contributed by atoms with E-state index in [1.54, 1.807) is 30.0 Å². The number of hydrogen-bond donors (Lipinski definition) is 0. The lowest BCUT2D eigenvalue weighted by Crippen LogP contribution is -2.48. The summed E-state index contributed by atoms with van der Waals surface area (Å²) in [6.07, 6.45) is 2.88. The van der Waals surface area contributed by atoms with E-state index in [0.717, 1.165) is 29.5 Å². The quantitative estimate of drug-likeness (QED) is 0.436. The van der Waals surface area contributed by atoms with E-state index in [-0.39, 0.29) is 11.9 Å². The van der Waals surface area contributed by atoms with Gasteiger partial charge < -0.3 is 19.1 Å². The first kappa shape index (κ1) is 23.9. The minimum absolute atomic E-state index is 0.199. The molecule has 2 heterocycles. The van der Waals surface area contributed by atoms with E-state index < -0.39 is 11.8 Å². The number of likely N-dealkylation sites (tertiary alicyclic amines) is 1. The second-order valence-electron chi connectivity index (χ2n) is 9.35. The van der Waals surface area contributed by atoms with Crippen molar-refractivity contribution in [3.05, 3.63) is 95.1 Å². The highest BCUT2D eigenvalue weighted by atomic mass is 16.7. The maximum absolute atomic E-state index is 13.5. The molecule has 2 unspecified atom stereocenters. The second kappa shape index (κ2) is 10.1. The lowest BCUT2D eigenvalue weighted by atomic mass is 9.95. The Morgan fingerprint density at radius 1 is 0.972 bits per heavy atom. The molecular formula is C30H31NO5. The molecule has 0 N–H and O–H groups in total. The number of rotatable bonds is 6. The Hall–Kier alpha value is -3.80. The number of piperidine rings is 1. The van der Waals surface area contributed by atoms with E-state index in [1.165, 1.54) is 0 Å². The highest BCUT2D eigenvalue weighted by Gasteiger charge is 2.44. The number of hydrogen-bond acceptors (Lipinski definition) is 5. The summed E-state index contributed by atoms with van der Waals surface area (Å²) in [5.41, 5.74) is 3.64. The molecule has 2 atom stereocenters. The molecule has 6 heteroatoms. The Bertz CT molecular complexity index is 1260. The van der Waals surface area contributed by atoms with Crippen LogP contribution < -0.4 is 9.47 Å². The number of amides is 1. The highest BCUT2D eigenvalue weighted by Crippen LogP contribution is 2.46. The van der Waals surface area contributed by atoms with Crippen LogP contribution in [-0.2, 0) is 21.7 Å². The third kappa shape index (κ3) is 4.55. The molecule has 0 spiro atoms. The zero-order valence-corrected chi connectivity index (χ0v) is 20.7. The zero-order valence-electron chi connectivity index (χ0n) is 20.7. The average molecular weight is 486 g/mol. The van der Waals surface area contributed by atoms with Crippen molar-refractivity contribution in [2.45, 2.75) is 51.4 Å². The van der Waals surface area contributed by atoms with Gasteiger partial charge in [-0.1, -0.05) is 54.6 Å². The number of carbonyl (C=O) groups excluding carboxylic acids is 2. The van der Waals surface area contributed by atoms with Gasteiger partial charge in [0.1, 0.15) is 6.04 Å². The number of nitrogens with zero attached hydrogens (tertiary/aromatic N) is 1. The van der Waals surface area contributed by atoms with Crippen LogP contribution in [0.5, 0.6) is 11.5 Å². The van der Waals surface area contributed by atoms with Crippen LogP contribution in [0, 0.1) is 6.92 Å². The lowest BCUT2D eigenvalue weighted by Gasteiger charge is -2.34. The minimum atomic E-state index is -1.05. The van der Waals surface area contributed by atoms with Crippen molar-refractivity contribution >= 4 is 11.9 Å². The van der Waals surface area contributed by atoms with Crippen LogP contribution in [0.1, 0.15) is 53.2 Å². The van der Waals surface area contributed by atoms with E-state index in [4.69, 9.17) is 14.2 Å². The van der Waals surface area contributed by atoms with Crippen molar-refractivity contribution in [2.75, 3.05) is 13.2 Å². The predicted octanol–water partition coefficient (Wildman–Crippen LogP) is 5.42. The van der Waals surface area contributed by atoms with Gasteiger partial charge >= 0.3 is 5.97 Å². The van der Waals surface area contributed by atoms with E-state index in [0.29, 0.717) is 43.1 Å². The van der Waals surface area contributed by atoms with Crippen LogP contribution >= 0.6 is 0 Å². The maximum atomic E-state index is 13.5. The summed E-state index contributed by atoms with van der Waals surface area (Å²) in [7, 11) is 0. The Morgan fingerprint density at radius 3 is 2.50 bits per heavy atom. The summed E-state index contributed by atoms with van der Waals surface area (Å²) in [5, 5.41) is 0. The van der Waals surface area contributed by atoms with Gasteiger partial charge in [0.15, 0.2) is 11.5 Å². The predicted molar refractivity (Wildman–Crippen MR) is 136 cm³/mol. The summed E-state index contributed by atoms with van der Waals surface area (Å²) in [6.45, 7) is 4.67. The fourth-order valence-corrected chi connectivity index (χ4v) is 5.05. The monoisotopic (exact) mass is 485 g/mol. The maximum Gasteiger partial charge on any atom is 0.328 e. The topological polar surface area (TPSA) is 65.1 Å². The Kier molecular flexibility index (Phi) is 6.68. The van der Waals surface area contributed by atoms with Crippen LogP contribution in [0.4, 0.5) is 0 Å². The highest BCUT2D eigenvalue weighted by molar-refractivity contribution is 5.97. The van der Waals surface area contributed by atoms with Gasteiger partial charge in [-0.25, -0.2) is 4.79 Å². The normalized spacial score (nSPS) is 20.7. The van der Waals surface area contributed by atoms with Crippen LogP contribution in [0.2, 0.25) is 0 Å². The largest absolute Gasteiger partial charge is 0.464 e. The van der Waals surface area contributed by atoms with Crippen molar-refractivity contribution in [3.8, 4) is 11.5 Å². The number of fused-ring (bicyclic) bond motifs is 1. The molecule has 0 aromatic heterocycles. The molecule has 1 fully saturated rings. The van der Waals surface area contributed by atoms with Crippen LogP contribution in [0.3, 0.4) is 0 Å². The van der Waals surface area contributed by atoms with Gasteiger partial charge in [-0.2, -0.15) is 0 Å². The molecule has 2 aliphatic heterocycles. The summed E-state index contributed by atoms with van der Waals surface area (Å²) in [6, 6.07) is 22.8. The van der Waals surface area contributed by atoms with Crippen molar-refractivity contribution in [1.82, 2.24) is 4.90 Å². The molecule has 5 rings (SSSR count). The Morgan fingerprint density at radius 2 is 1.72 bits per heavy atom. The first-order valence-electron chi connectivity index (χ1n) is 12.6. The van der Waals surface area contributed by atoms with E-state index in [2.05, 4.69) is 19.1 Å². The van der Waals surface area contributed by atoms with Crippen molar-refractivity contribution in [3.63, 3.8) is 0 Å². The molecule has 6 nitrogen and oxygen atoms in total. The number of esters is 1. The summed E-state index contributed by atoms with van der Waals surface area (Å²) >= 11 is 0. The van der Waals surface area contributed by atoms with Crippen molar-refractivity contribution in [1.29, 1.82) is 0 Å². The van der Waals surface area contributed by atoms with Gasteiger partial charge in [-0.15, -0.1) is 0 Å². The van der Waals surface area contributed by atoms with Gasteiger partial charge in [0.05, 0.1) is 13.0 Å². The SMILES string of the molecule is CCOC(=O)C1CCCCN1C(=O)c1ccc2c(c1)OC(Cc1ccccc1C)(c1ccccc1)O2. The fraction of sp³-hybridized carbons (Fsp3) is 0.333. The van der Waals surface area contributed by atoms with E-state index in [1.807, 2.05) is 42.5 Å². The molecule has 1 saturated heterocycles. The number of benzene rings is 3. The molecule has 0 bridgehead atoms. The molecule has 0 radical (unpaired) electrons. The van der Waals surface area contributed by atoms with Crippen molar-refractivity contribution < 1.29 is 23.8 Å². The minimum Gasteiger partial charge on any atom is -0.464 e. The first-order chi connectivity index (χ1) is 17.5. The summed E-state index contributed by atoms with van der Waals surface area (Å²) in [4.78, 5) is 27.7. The first-order valence-corrected chi connectivity index (χ1v) is 12.6. The van der Waals surface area contributed by atoms with Gasteiger partial charge in [-0.05, 0) is 62.4 Å². The Balaban J connectivity index is 1.45. The molecule has 0 aliphatic carbocycles. The molecule has 1 amide bonds. The third-order valence-corrected chi connectivity index (χ3v) is 6.96. The standard InChI is InChI=1S/C30H31NO5/c1-3-34-29(33)25-15-9-10-18-31(25)28(32)22-16-17-26-27(19-22)36-30(35-26,24-13-5-4-6-14-24)20-23-12-8-7-11-21(23)2/h4-8,11-14,16-17,19,25H,3,9-10,15,18,20H2,1-2H3. The van der Waals surface area contributed by atoms with E-state index in [9.17, 15) is 9.59 Å². The van der Waals surface area contributed by atoms with Crippen molar-refractivity contribution in [2.24, 2.45) is 0 Å². The van der Waals surface area contributed by atoms with Gasteiger partial charge in [0.2, 0.25) is 0 Å². The molecule has 0 saturated carbocycles. The van der Waals surface area contributed by atoms with Crippen LogP contribution in [-0.4, -0.2) is 36.0 Å². The molecule has 3 aromatic rings.